The van der Waals surface area contributed by atoms with Gasteiger partial charge in [-0.15, -0.1) is 0 Å². The second-order valence-corrected chi connectivity index (χ2v) is 3.94. The third kappa shape index (κ3) is 1.45. The molecule has 7 heteroatoms. The van der Waals surface area contributed by atoms with E-state index in [2.05, 4.69) is 20.4 Å². The molecule has 0 radical (unpaired) electrons. The number of nitrogens with zero attached hydrogens (tertiary/aromatic N) is 4. The van der Waals surface area contributed by atoms with Gasteiger partial charge in [0.1, 0.15) is 5.69 Å². The highest BCUT2D eigenvalue weighted by Crippen LogP contribution is 2.23. The van der Waals surface area contributed by atoms with Crippen LogP contribution in [0.15, 0.2) is 24.5 Å². The molecule has 2 aromatic heterocycles. The van der Waals surface area contributed by atoms with Gasteiger partial charge < -0.3 is 10.3 Å². The van der Waals surface area contributed by atoms with E-state index in [9.17, 15) is 4.79 Å². The van der Waals surface area contributed by atoms with Gasteiger partial charge in [-0.1, -0.05) is 6.07 Å². The van der Waals surface area contributed by atoms with E-state index in [1.54, 1.807) is 6.33 Å². The summed E-state index contributed by atoms with van der Waals surface area (Å²) in [5, 5.41) is 10.1. The quantitative estimate of drug-likeness (QED) is 0.681. The molecule has 1 aromatic carbocycles. The number of H-pyrrole nitrogens is 1. The van der Waals surface area contributed by atoms with Crippen molar-refractivity contribution in [2.45, 2.75) is 0 Å². The Morgan fingerprint density at radius 1 is 1.39 bits per heavy atom. The SMILES string of the molecule is Cn1cnc2ccc(-c3n[nH]nc3C(N)=O)cc21. The van der Waals surface area contributed by atoms with Crippen molar-refractivity contribution in [3.63, 3.8) is 0 Å². The molecule has 2 heterocycles. The molecule has 0 aliphatic heterocycles. The lowest BCUT2D eigenvalue weighted by molar-refractivity contribution is 0.0996. The van der Waals surface area contributed by atoms with Crippen molar-refractivity contribution in [1.29, 1.82) is 0 Å². The standard InChI is InChI=1S/C11H10N6O/c1-17-5-13-7-3-2-6(4-8(7)17)9-10(11(12)18)15-16-14-9/h2-5H,1H3,(H2,12,18)(H,14,15,16). The van der Waals surface area contributed by atoms with Crippen LogP contribution >= 0.6 is 0 Å². The molecule has 3 rings (SSSR count). The van der Waals surface area contributed by atoms with Gasteiger partial charge in [-0.3, -0.25) is 4.79 Å². The van der Waals surface area contributed by atoms with Crippen LogP contribution in [-0.2, 0) is 7.05 Å². The zero-order valence-corrected chi connectivity index (χ0v) is 9.58. The van der Waals surface area contributed by atoms with Crippen molar-refractivity contribution >= 4 is 16.9 Å². The van der Waals surface area contributed by atoms with Crippen molar-refractivity contribution in [3.8, 4) is 11.3 Å². The summed E-state index contributed by atoms with van der Waals surface area (Å²) in [6.45, 7) is 0. The van der Waals surface area contributed by atoms with E-state index < -0.39 is 5.91 Å². The van der Waals surface area contributed by atoms with Gasteiger partial charge >= 0.3 is 0 Å². The summed E-state index contributed by atoms with van der Waals surface area (Å²) in [6, 6.07) is 5.59. The molecule has 0 unspecified atom stereocenters. The first-order valence-electron chi connectivity index (χ1n) is 5.29. The Morgan fingerprint density at radius 3 is 3.00 bits per heavy atom. The summed E-state index contributed by atoms with van der Waals surface area (Å²) in [5.74, 6) is -0.608. The molecule has 18 heavy (non-hydrogen) atoms. The summed E-state index contributed by atoms with van der Waals surface area (Å²) in [5.41, 5.74) is 8.43. The number of nitrogens with one attached hydrogen (secondary N) is 1. The maximum Gasteiger partial charge on any atom is 0.271 e. The Morgan fingerprint density at radius 2 is 2.22 bits per heavy atom. The first-order chi connectivity index (χ1) is 8.66. The van der Waals surface area contributed by atoms with Crippen molar-refractivity contribution in [2.24, 2.45) is 12.8 Å². The van der Waals surface area contributed by atoms with Crippen molar-refractivity contribution < 1.29 is 4.79 Å². The van der Waals surface area contributed by atoms with E-state index in [1.807, 2.05) is 29.8 Å². The zero-order valence-electron chi connectivity index (χ0n) is 9.58. The van der Waals surface area contributed by atoms with Crippen LogP contribution in [0.25, 0.3) is 22.3 Å². The molecule has 0 aliphatic carbocycles. The smallest absolute Gasteiger partial charge is 0.271 e. The van der Waals surface area contributed by atoms with Crippen LogP contribution in [0, 0.1) is 0 Å². The van der Waals surface area contributed by atoms with Crippen LogP contribution in [0.5, 0.6) is 0 Å². The van der Waals surface area contributed by atoms with E-state index in [4.69, 9.17) is 5.73 Å². The number of rotatable bonds is 2. The minimum atomic E-state index is -0.608. The third-order valence-electron chi connectivity index (χ3n) is 2.78. The average molecular weight is 242 g/mol. The fraction of sp³-hybridized carbons (Fsp3) is 0.0909. The summed E-state index contributed by atoms with van der Waals surface area (Å²) >= 11 is 0. The molecule has 3 N–H and O–H groups in total. The first kappa shape index (κ1) is 10.5. The molecular weight excluding hydrogens is 232 g/mol. The molecule has 90 valence electrons. The minimum absolute atomic E-state index is 0.136. The number of aryl methyl sites for hydroxylation is 1. The predicted octanol–water partition coefficient (Wildman–Crippen LogP) is 0.457. The second-order valence-electron chi connectivity index (χ2n) is 3.94. The summed E-state index contributed by atoms with van der Waals surface area (Å²) < 4.78 is 1.89. The molecular formula is C11H10N6O. The number of amides is 1. The fourth-order valence-corrected chi connectivity index (χ4v) is 1.88. The van der Waals surface area contributed by atoms with Gasteiger partial charge in [0, 0.05) is 12.6 Å². The molecule has 0 bridgehead atoms. The summed E-state index contributed by atoms with van der Waals surface area (Å²) in [4.78, 5) is 15.4. The van der Waals surface area contributed by atoms with E-state index >= 15 is 0 Å². The highest BCUT2D eigenvalue weighted by atomic mass is 16.1. The first-order valence-corrected chi connectivity index (χ1v) is 5.29. The molecule has 0 aliphatic rings. The van der Waals surface area contributed by atoms with Gasteiger partial charge in [0.15, 0.2) is 5.69 Å². The second kappa shape index (κ2) is 3.66. The number of benzene rings is 1. The number of aromatic nitrogens is 5. The number of nitrogens with two attached hydrogens (primary N) is 1. The Balaban J connectivity index is 2.22. The van der Waals surface area contributed by atoms with Crippen LogP contribution in [0.2, 0.25) is 0 Å². The third-order valence-corrected chi connectivity index (χ3v) is 2.78. The van der Waals surface area contributed by atoms with Crippen molar-refractivity contribution in [2.75, 3.05) is 0 Å². The number of hydrogen-bond acceptors (Lipinski definition) is 4. The van der Waals surface area contributed by atoms with Gasteiger partial charge in [0.05, 0.1) is 17.4 Å². The number of carbonyl (C=O) groups is 1. The molecule has 0 atom stereocenters. The molecule has 7 nitrogen and oxygen atoms in total. The van der Waals surface area contributed by atoms with Gasteiger partial charge in [-0.05, 0) is 12.1 Å². The molecule has 0 saturated heterocycles. The monoisotopic (exact) mass is 242 g/mol. The summed E-state index contributed by atoms with van der Waals surface area (Å²) in [7, 11) is 1.90. The topological polar surface area (TPSA) is 102 Å². The van der Waals surface area contributed by atoms with E-state index in [1.165, 1.54) is 0 Å². The number of fused-ring (bicyclic) bond motifs is 1. The molecule has 0 spiro atoms. The Hall–Kier alpha value is -2.70. The Kier molecular flexibility index (Phi) is 2.12. The average Bonchev–Trinajstić information content (AvgIpc) is 2.96. The van der Waals surface area contributed by atoms with E-state index in [0.29, 0.717) is 5.69 Å². The molecule has 3 aromatic rings. The molecule has 0 fully saturated rings. The number of imidazole rings is 1. The molecule has 1 amide bonds. The lowest BCUT2D eigenvalue weighted by Crippen LogP contribution is -2.12. The molecule has 0 saturated carbocycles. The lowest BCUT2D eigenvalue weighted by Gasteiger charge is -2.00. The zero-order chi connectivity index (χ0) is 12.7. The maximum absolute atomic E-state index is 11.2. The van der Waals surface area contributed by atoms with Gasteiger partial charge in [0.25, 0.3) is 5.91 Å². The number of aromatic amines is 1. The van der Waals surface area contributed by atoms with Crippen molar-refractivity contribution in [3.05, 3.63) is 30.2 Å². The van der Waals surface area contributed by atoms with Crippen LogP contribution < -0.4 is 5.73 Å². The van der Waals surface area contributed by atoms with E-state index in [-0.39, 0.29) is 5.69 Å². The van der Waals surface area contributed by atoms with E-state index in [0.717, 1.165) is 16.6 Å². The summed E-state index contributed by atoms with van der Waals surface area (Å²) in [6.07, 6.45) is 1.73. The van der Waals surface area contributed by atoms with Crippen LogP contribution in [-0.4, -0.2) is 30.9 Å². The highest BCUT2D eigenvalue weighted by Gasteiger charge is 2.15. The van der Waals surface area contributed by atoms with Crippen LogP contribution in [0.1, 0.15) is 10.5 Å². The highest BCUT2D eigenvalue weighted by molar-refractivity contribution is 5.97. The Bertz CT molecular complexity index is 741. The van der Waals surface area contributed by atoms with Crippen molar-refractivity contribution in [1.82, 2.24) is 25.0 Å². The van der Waals surface area contributed by atoms with Crippen LogP contribution in [0.4, 0.5) is 0 Å². The fourth-order valence-electron chi connectivity index (χ4n) is 1.88. The van der Waals surface area contributed by atoms with Gasteiger partial charge in [0.2, 0.25) is 0 Å². The van der Waals surface area contributed by atoms with Gasteiger partial charge in [-0.25, -0.2) is 4.98 Å². The normalized spacial score (nSPS) is 10.9. The Labute approximate surface area is 102 Å². The largest absolute Gasteiger partial charge is 0.364 e. The van der Waals surface area contributed by atoms with Crippen LogP contribution in [0.3, 0.4) is 0 Å². The number of hydrogen-bond donors (Lipinski definition) is 2. The maximum atomic E-state index is 11.2. The number of primary amides is 1. The number of carbonyl (C=O) groups excluding carboxylic acids is 1. The van der Waals surface area contributed by atoms with Gasteiger partial charge in [-0.2, -0.15) is 15.4 Å². The lowest BCUT2D eigenvalue weighted by atomic mass is 10.1. The predicted molar refractivity (Wildman–Crippen MR) is 64.6 cm³/mol. The minimum Gasteiger partial charge on any atom is -0.364 e.